The van der Waals surface area contributed by atoms with Crippen LogP contribution < -0.4 is 5.73 Å². The predicted octanol–water partition coefficient (Wildman–Crippen LogP) is 2.18. The third-order valence-corrected chi connectivity index (χ3v) is 3.74. The van der Waals surface area contributed by atoms with E-state index in [1.807, 2.05) is 11.8 Å². The summed E-state index contributed by atoms with van der Waals surface area (Å²) in [6.07, 6.45) is 3.74. The lowest BCUT2D eigenvalue weighted by molar-refractivity contribution is 0.454. The molecule has 1 aliphatic heterocycles. The van der Waals surface area contributed by atoms with Gasteiger partial charge in [0.2, 0.25) is 0 Å². The minimum atomic E-state index is 0.754. The van der Waals surface area contributed by atoms with Gasteiger partial charge in [-0.3, -0.25) is 4.99 Å². The molecule has 16 heavy (non-hydrogen) atoms. The summed E-state index contributed by atoms with van der Waals surface area (Å²) in [5.41, 5.74) is 5.96. The molecule has 1 aliphatic rings. The van der Waals surface area contributed by atoms with Crippen LogP contribution in [0.2, 0.25) is 0 Å². The Bertz CT molecular complexity index is 210. The van der Waals surface area contributed by atoms with Gasteiger partial charge >= 0.3 is 0 Å². The van der Waals surface area contributed by atoms with Crippen molar-refractivity contribution in [2.75, 3.05) is 31.1 Å². The Kier molecular flexibility index (Phi) is 6.69. The van der Waals surface area contributed by atoms with Crippen molar-refractivity contribution in [1.82, 2.24) is 4.90 Å². The van der Waals surface area contributed by atoms with Gasteiger partial charge in [0.1, 0.15) is 0 Å². The van der Waals surface area contributed by atoms with Gasteiger partial charge in [-0.1, -0.05) is 26.7 Å². The predicted molar refractivity (Wildman–Crippen MR) is 74.1 cm³/mol. The average molecular weight is 243 g/mol. The highest BCUT2D eigenvalue weighted by molar-refractivity contribution is 7.99. The lowest BCUT2D eigenvalue weighted by Crippen LogP contribution is -2.42. The molecule has 1 saturated heterocycles. The molecule has 0 aromatic heterocycles. The molecule has 94 valence electrons. The van der Waals surface area contributed by atoms with Crippen molar-refractivity contribution in [3.63, 3.8) is 0 Å². The van der Waals surface area contributed by atoms with Gasteiger partial charge in [-0.15, -0.1) is 0 Å². The molecule has 1 fully saturated rings. The summed E-state index contributed by atoms with van der Waals surface area (Å²) in [6.45, 7) is 7.55. The lowest BCUT2D eigenvalue weighted by Gasteiger charge is -2.27. The van der Waals surface area contributed by atoms with Crippen LogP contribution in [0.5, 0.6) is 0 Å². The zero-order chi connectivity index (χ0) is 11.8. The molecular formula is C12H25N3S. The van der Waals surface area contributed by atoms with Crippen LogP contribution in [0.3, 0.4) is 0 Å². The van der Waals surface area contributed by atoms with Crippen LogP contribution >= 0.6 is 11.8 Å². The Labute approximate surface area is 104 Å². The zero-order valence-electron chi connectivity index (χ0n) is 10.6. The van der Waals surface area contributed by atoms with Crippen LogP contribution in [-0.4, -0.2) is 42.0 Å². The molecule has 0 spiro atoms. The molecule has 2 N–H and O–H groups in total. The van der Waals surface area contributed by atoms with Gasteiger partial charge in [0.25, 0.3) is 0 Å². The third kappa shape index (κ3) is 5.64. The molecular weight excluding hydrogens is 218 g/mol. The first-order chi connectivity index (χ1) is 7.70. The number of aliphatic imine (C=N–C) groups is 1. The van der Waals surface area contributed by atoms with Gasteiger partial charge in [-0.05, 0) is 12.3 Å². The Morgan fingerprint density at radius 1 is 1.31 bits per heavy atom. The van der Waals surface area contributed by atoms with Gasteiger partial charge in [-0.2, -0.15) is 11.8 Å². The van der Waals surface area contributed by atoms with E-state index < -0.39 is 0 Å². The first kappa shape index (κ1) is 13.7. The lowest BCUT2D eigenvalue weighted by atomic mass is 10.1. The number of nitrogens with zero attached hydrogens (tertiary/aromatic N) is 2. The summed E-state index contributed by atoms with van der Waals surface area (Å²) in [4.78, 5) is 6.66. The van der Waals surface area contributed by atoms with Crippen LogP contribution in [0.25, 0.3) is 0 Å². The summed E-state index contributed by atoms with van der Waals surface area (Å²) in [7, 11) is 0. The molecule has 0 radical (unpaired) electrons. The van der Waals surface area contributed by atoms with Crippen molar-refractivity contribution in [3.8, 4) is 0 Å². The number of rotatable bonds is 5. The summed E-state index contributed by atoms with van der Waals surface area (Å²) in [6, 6.07) is 0. The quantitative estimate of drug-likeness (QED) is 0.457. The van der Waals surface area contributed by atoms with Crippen molar-refractivity contribution in [2.24, 2.45) is 16.6 Å². The maximum atomic E-state index is 5.96. The Hall–Kier alpha value is -0.380. The number of unbranched alkanes of at least 4 members (excludes halogenated alkanes) is 1. The number of hydrogen-bond acceptors (Lipinski definition) is 2. The van der Waals surface area contributed by atoms with Crippen LogP contribution in [-0.2, 0) is 0 Å². The molecule has 0 aliphatic carbocycles. The SMILES string of the molecule is CC(C)CCCCN=C(N)N1CCSCC1. The second-order valence-corrected chi connectivity index (χ2v) is 5.95. The zero-order valence-corrected chi connectivity index (χ0v) is 11.4. The van der Waals surface area contributed by atoms with E-state index in [1.165, 1.54) is 30.8 Å². The largest absolute Gasteiger partial charge is 0.370 e. The monoisotopic (exact) mass is 243 g/mol. The van der Waals surface area contributed by atoms with Gasteiger partial charge in [-0.25, -0.2) is 0 Å². The highest BCUT2D eigenvalue weighted by Crippen LogP contribution is 2.09. The van der Waals surface area contributed by atoms with Crippen LogP contribution in [0.1, 0.15) is 33.1 Å². The van der Waals surface area contributed by atoms with E-state index in [0.717, 1.165) is 31.5 Å². The van der Waals surface area contributed by atoms with E-state index in [9.17, 15) is 0 Å². The first-order valence-corrected chi connectivity index (χ1v) is 7.48. The van der Waals surface area contributed by atoms with Crippen molar-refractivity contribution in [2.45, 2.75) is 33.1 Å². The molecule has 0 saturated carbocycles. The Balaban J connectivity index is 2.12. The minimum Gasteiger partial charge on any atom is -0.370 e. The topological polar surface area (TPSA) is 41.6 Å². The minimum absolute atomic E-state index is 0.754. The summed E-state index contributed by atoms with van der Waals surface area (Å²) in [5.74, 6) is 3.93. The first-order valence-electron chi connectivity index (χ1n) is 6.32. The van der Waals surface area contributed by atoms with Crippen molar-refractivity contribution in [3.05, 3.63) is 0 Å². The molecule has 0 bridgehead atoms. The molecule has 4 heteroatoms. The maximum absolute atomic E-state index is 5.96. The third-order valence-electron chi connectivity index (χ3n) is 2.80. The highest BCUT2D eigenvalue weighted by Gasteiger charge is 2.11. The Morgan fingerprint density at radius 2 is 2.00 bits per heavy atom. The summed E-state index contributed by atoms with van der Waals surface area (Å²) >= 11 is 2.00. The fourth-order valence-corrected chi connectivity index (χ4v) is 2.65. The molecule has 0 unspecified atom stereocenters. The molecule has 1 rings (SSSR count). The summed E-state index contributed by atoms with van der Waals surface area (Å²) in [5, 5.41) is 0. The van der Waals surface area contributed by atoms with Crippen molar-refractivity contribution >= 4 is 17.7 Å². The summed E-state index contributed by atoms with van der Waals surface area (Å²) < 4.78 is 0. The number of hydrogen-bond donors (Lipinski definition) is 1. The normalized spacial score (nSPS) is 18.2. The Morgan fingerprint density at radius 3 is 2.62 bits per heavy atom. The van der Waals surface area contributed by atoms with E-state index in [4.69, 9.17) is 5.73 Å². The average Bonchev–Trinajstić information content (AvgIpc) is 2.29. The number of thioether (sulfide) groups is 1. The number of nitrogens with two attached hydrogens (primary N) is 1. The molecule has 0 atom stereocenters. The molecule has 1 heterocycles. The number of guanidine groups is 1. The van der Waals surface area contributed by atoms with E-state index >= 15 is 0 Å². The van der Waals surface area contributed by atoms with Gasteiger partial charge in [0, 0.05) is 31.1 Å². The van der Waals surface area contributed by atoms with E-state index in [0.29, 0.717) is 0 Å². The van der Waals surface area contributed by atoms with Crippen molar-refractivity contribution < 1.29 is 0 Å². The van der Waals surface area contributed by atoms with E-state index in [-0.39, 0.29) is 0 Å². The molecule has 0 aromatic carbocycles. The van der Waals surface area contributed by atoms with E-state index in [2.05, 4.69) is 23.7 Å². The smallest absolute Gasteiger partial charge is 0.191 e. The van der Waals surface area contributed by atoms with E-state index in [1.54, 1.807) is 0 Å². The van der Waals surface area contributed by atoms with Crippen molar-refractivity contribution in [1.29, 1.82) is 0 Å². The van der Waals surface area contributed by atoms with Gasteiger partial charge in [0.15, 0.2) is 5.96 Å². The fraction of sp³-hybridized carbons (Fsp3) is 0.917. The van der Waals surface area contributed by atoms with Crippen LogP contribution in [0.15, 0.2) is 4.99 Å². The standard InChI is InChI=1S/C12H25N3S/c1-11(2)5-3-4-6-14-12(13)15-7-9-16-10-8-15/h11H,3-10H2,1-2H3,(H2,13,14). The van der Waals surface area contributed by atoms with Crippen LogP contribution in [0, 0.1) is 5.92 Å². The fourth-order valence-electron chi connectivity index (χ4n) is 1.75. The second-order valence-electron chi connectivity index (χ2n) is 4.73. The molecule has 3 nitrogen and oxygen atoms in total. The highest BCUT2D eigenvalue weighted by atomic mass is 32.2. The van der Waals surface area contributed by atoms with Crippen LogP contribution in [0.4, 0.5) is 0 Å². The van der Waals surface area contributed by atoms with Gasteiger partial charge in [0.05, 0.1) is 0 Å². The maximum Gasteiger partial charge on any atom is 0.191 e. The van der Waals surface area contributed by atoms with Gasteiger partial charge < -0.3 is 10.6 Å². The second kappa shape index (κ2) is 7.82. The molecule has 0 aromatic rings. The molecule has 0 amide bonds.